The number of ether oxygens (including phenoxy) is 1. The third kappa shape index (κ3) is 3.95. The van der Waals surface area contributed by atoms with Crippen molar-refractivity contribution in [1.82, 2.24) is 9.88 Å². The number of aromatic nitrogens is 1. The molecular formula is C11H12N2O6. The SMILES string of the molecule is COc1cnccc1C(=O)N(CC(=O)O)CC(=O)O. The van der Waals surface area contributed by atoms with Gasteiger partial charge in [0, 0.05) is 6.20 Å². The van der Waals surface area contributed by atoms with Gasteiger partial charge in [-0.15, -0.1) is 0 Å². The summed E-state index contributed by atoms with van der Waals surface area (Å²) < 4.78 is 4.92. The van der Waals surface area contributed by atoms with E-state index in [2.05, 4.69) is 4.98 Å². The second-order valence-electron chi connectivity index (χ2n) is 3.52. The Labute approximate surface area is 108 Å². The standard InChI is InChI=1S/C11H12N2O6/c1-19-8-4-12-3-2-7(8)11(18)13(5-9(14)15)6-10(16)17/h2-4H,5-6H2,1H3,(H,14,15)(H,16,17). The van der Waals surface area contributed by atoms with Crippen LogP contribution in [0.5, 0.6) is 5.75 Å². The molecule has 0 bridgehead atoms. The summed E-state index contributed by atoms with van der Waals surface area (Å²) >= 11 is 0. The van der Waals surface area contributed by atoms with Gasteiger partial charge in [0.15, 0.2) is 0 Å². The van der Waals surface area contributed by atoms with Crippen molar-refractivity contribution < 1.29 is 29.3 Å². The lowest BCUT2D eigenvalue weighted by Gasteiger charge is -2.19. The molecule has 1 aromatic heterocycles. The van der Waals surface area contributed by atoms with Crippen molar-refractivity contribution in [2.75, 3.05) is 20.2 Å². The van der Waals surface area contributed by atoms with Crippen molar-refractivity contribution in [1.29, 1.82) is 0 Å². The fourth-order valence-electron chi connectivity index (χ4n) is 1.42. The van der Waals surface area contributed by atoms with Crippen molar-refractivity contribution in [3.63, 3.8) is 0 Å². The molecule has 1 rings (SSSR count). The minimum absolute atomic E-state index is 0.0556. The van der Waals surface area contributed by atoms with Gasteiger partial charge in [0.05, 0.1) is 18.9 Å². The van der Waals surface area contributed by atoms with Crippen LogP contribution in [0.25, 0.3) is 0 Å². The second kappa shape index (κ2) is 6.34. The first-order valence-corrected chi connectivity index (χ1v) is 5.16. The minimum Gasteiger partial charge on any atom is -0.494 e. The fourth-order valence-corrected chi connectivity index (χ4v) is 1.42. The van der Waals surface area contributed by atoms with Crippen LogP contribution in [-0.4, -0.2) is 58.1 Å². The summed E-state index contributed by atoms with van der Waals surface area (Å²) in [6.45, 7) is -1.42. The van der Waals surface area contributed by atoms with Gasteiger partial charge in [-0.3, -0.25) is 19.4 Å². The maximum atomic E-state index is 12.1. The molecule has 0 aromatic carbocycles. The third-order valence-corrected chi connectivity index (χ3v) is 2.17. The Bertz CT molecular complexity index is 486. The number of rotatable bonds is 6. The Hall–Kier alpha value is -2.64. The van der Waals surface area contributed by atoms with Crippen molar-refractivity contribution in [2.45, 2.75) is 0 Å². The van der Waals surface area contributed by atoms with E-state index in [1.807, 2.05) is 0 Å². The van der Waals surface area contributed by atoms with Gasteiger partial charge >= 0.3 is 11.9 Å². The zero-order valence-electron chi connectivity index (χ0n) is 10.1. The maximum Gasteiger partial charge on any atom is 0.323 e. The predicted octanol–water partition coefficient (Wildman–Crippen LogP) is -0.298. The summed E-state index contributed by atoms with van der Waals surface area (Å²) in [6.07, 6.45) is 2.61. The molecule has 1 heterocycles. The molecule has 8 heteroatoms. The van der Waals surface area contributed by atoms with Crippen LogP contribution in [0.15, 0.2) is 18.5 Å². The summed E-state index contributed by atoms with van der Waals surface area (Å²) in [6, 6.07) is 1.33. The van der Waals surface area contributed by atoms with Gasteiger partial charge in [0.2, 0.25) is 0 Å². The summed E-state index contributed by atoms with van der Waals surface area (Å²) in [5.41, 5.74) is 0.0556. The van der Waals surface area contributed by atoms with Crippen molar-refractivity contribution in [3.8, 4) is 5.75 Å². The van der Waals surface area contributed by atoms with E-state index in [1.54, 1.807) is 0 Å². The first-order chi connectivity index (χ1) is 8.95. The lowest BCUT2D eigenvalue weighted by Crippen LogP contribution is -2.39. The highest BCUT2D eigenvalue weighted by Gasteiger charge is 2.23. The number of pyridine rings is 1. The molecular weight excluding hydrogens is 256 g/mol. The molecule has 8 nitrogen and oxygen atoms in total. The van der Waals surface area contributed by atoms with E-state index < -0.39 is 30.9 Å². The van der Waals surface area contributed by atoms with Gasteiger partial charge in [-0.25, -0.2) is 0 Å². The van der Waals surface area contributed by atoms with Crippen LogP contribution < -0.4 is 4.74 Å². The predicted molar refractivity (Wildman–Crippen MR) is 62.0 cm³/mol. The Morgan fingerprint density at radius 1 is 1.26 bits per heavy atom. The molecule has 19 heavy (non-hydrogen) atoms. The number of hydrogen-bond donors (Lipinski definition) is 2. The van der Waals surface area contributed by atoms with Crippen molar-refractivity contribution in [3.05, 3.63) is 24.0 Å². The van der Waals surface area contributed by atoms with Crippen LogP contribution >= 0.6 is 0 Å². The fraction of sp³-hybridized carbons (Fsp3) is 0.273. The Morgan fingerprint density at radius 3 is 2.32 bits per heavy atom. The molecule has 102 valence electrons. The van der Waals surface area contributed by atoms with Crippen LogP contribution in [-0.2, 0) is 9.59 Å². The molecule has 1 aromatic rings. The summed E-state index contributed by atoms with van der Waals surface area (Å²) in [4.78, 5) is 37.8. The molecule has 2 N–H and O–H groups in total. The van der Waals surface area contributed by atoms with Crippen molar-refractivity contribution >= 4 is 17.8 Å². The zero-order valence-corrected chi connectivity index (χ0v) is 10.1. The molecule has 0 aliphatic heterocycles. The lowest BCUT2D eigenvalue weighted by molar-refractivity contribution is -0.140. The molecule has 0 fully saturated rings. The van der Waals surface area contributed by atoms with Gasteiger partial charge in [0.1, 0.15) is 18.8 Å². The molecule has 0 aliphatic carbocycles. The summed E-state index contributed by atoms with van der Waals surface area (Å²) in [5.74, 6) is -3.21. The van der Waals surface area contributed by atoms with Crippen molar-refractivity contribution in [2.24, 2.45) is 0 Å². The number of carbonyl (C=O) groups excluding carboxylic acids is 1. The zero-order chi connectivity index (χ0) is 14.4. The largest absolute Gasteiger partial charge is 0.494 e. The molecule has 0 unspecified atom stereocenters. The van der Waals surface area contributed by atoms with Crippen LogP contribution in [0, 0.1) is 0 Å². The Balaban J connectivity index is 3.04. The van der Waals surface area contributed by atoms with Gasteiger partial charge in [-0.05, 0) is 6.07 Å². The third-order valence-electron chi connectivity index (χ3n) is 2.17. The number of amides is 1. The lowest BCUT2D eigenvalue weighted by atomic mass is 10.2. The van der Waals surface area contributed by atoms with Crippen LogP contribution in [0.1, 0.15) is 10.4 Å². The number of aliphatic carboxylic acids is 2. The molecule has 0 aliphatic rings. The maximum absolute atomic E-state index is 12.1. The average Bonchev–Trinajstić information content (AvgIpc) is 2.36. The van der Waals surface area contributed by atoms with Gasteiger partial charge < -0.3 is 19.8 Å². The summed E-state index contributed by atoms with van der Waals surface area (Å²) in [5, 5.41) is 17.4. The molecule has 1 amide bonds. The molecule has 0 spiro atoms. The molecule has 0 atom stereocenters. The van der Waals surface area contributed by atoms with Crippen LogP contribution in [0.3, 0.4) is 0 Å². The van der Waals surface area contributed by atoms with Gasteiger partial charge in [-0.2, -0.15) is 0 Å². The molecule has 0 saturated heterocycles. The number of methoxy groups -OCH3 is 1. The van der Waals surface area contributed by atoms with E-state index in [0.29, 0.717) is 4.90 Å². The number of carboxylic acid groups (broad SMARTS) is 2. The van der Waals surface area contributed by atoms with E-state index in [9.17, 15) is 14.4 Å². The average molecular weight is 268 g/mol. The smallest absolute Gasteiger partial charge is 0.323 e. The second-order valence-corrected chi connectivity index (χ2v) is 3.52. The number of nitrogens with zero attached hydrogens (tertiary/aromatic N) is 2. The van der Waals surface area contributed by atoms with E-state index in [-0.39, 0.29) is 11.3 Å². The van der Waals surface area contributed by atoms with Gasteiger partial charge in [-0.1, -0.05) is 0 Å². The topological polar surface area (TPSA) is 117 Å². The van der Waals surface area contributed by atoms with E-state index in [0.717, 1.165) is 0 Å². The quantitative estimate of drug-likeness (QED) is 0.727. The normalized spacial score (nSPS) is 9.74. The number of carbonyl (C=O) groups is 3. The van der Waals surface area contributed by atoms with E-state index in [1.165, 1.54) is 25.6 Å². The summed E-state index contributed by atoms with van der Waals surface area (Å²) in [7, 11) is 1.33. The Kier molecular flexibility index (Phi) is 4.81. The van der Waals surface area contributed by atoms with Gasteiger partial charge in [0.25, 0.3) is 5.91 Å². The first-order valence-electron chi connectivity index (χ1n) is 5.16. The minimum atomic E-state index is -1.30. The number of carboxylic acids is 2. The highest BCUT2D eigenvalue weighted by molar-refractivity contribution is 5.99. The monoisotopic (exact) mass is 268 g/mol. The highest BCUT2D eigenvalue weighted by atomic mass is 16.5. The number of hydrogen-bond acceptors (Lipinski definition) is 5. The highest BCUT2D eigenvalue weighted by Crippen LogP contribution is 2.17. The van der Waals surface area contributed by atoms with Crippen LogP contribution in [0.4, 0.5) is 0 Å². The Morgan fingerprint density at radius 2 is 1.84 bits per heavy atom. The van der Waals surface area contributed by atoms with E-state index >= 15 is 0 Å². The van der Waals surface area contributed by atoms with Crippen LogP contribution in [0.2, 0.25) is 0 Å². The first kappa shape index (κ1) is 14.4. The molecule has 0 saturated carbocycles. The molecule has 0 radical (unpaired) electrons. The van der Waals surface area contributed by atoms with E-state index in [4.69, 9.17) is 14.9 Å².